The van der Waals surface area contributed by atoms with E-state index in [1.807, 2.05) is 4.90 Å². The minimum atomic E-state index is -3.15. The van der Waals surface area contributed by atoms with Crippen LogP contribution in [0.25, 0.3) is 0 Å². The maximum Gasteiger partial charge on any atom is 0.222 e. The third-order valence-electron chi connectivity index (χ3n) is 5.13. The second-order valence-electron chi connectivity index (χ2n) is 6.79. The van der Waals surface area contributed by atoms with E-state index in [0.29, 0.717) is 38.0 Å². The molecule has 0 aromatic rings. The predicted molar refractivity (Wildman–Crippen MR) is 92.2 cm³/mol. The minimum absolute atomic E-state index is 0. The van der Waals surface area contributed by atoms with Gasteiger partial charge in [-0.3, -0.25) is 4.79 Å². The number of likely N-dealkylation sites (tertiary alicyclic amines) is 1. The van der Waals surface area contributed by atoms with Gasteiger partial charge in [0, 0.05) is 44.7 Å². The smallest absolute Gasteiger partial charge is 0.222 e. The van der Waals surface area contributed by atoms with Gasteiger partial charge in [0.2, 0.25) is 15.9 Å². The Labute approximate surface area is 145 Å². The third kappa shape index (κ3) is 4.81. The molecule has 2 atom stereocenters. The van der Waals surface area contributed by atoms with Crippen molar-refractivity contribution in [3.05, 3.63) is 0 Å². The molecule has 3 fully saturated rings. The molecular formula is C15H28ClN3O3S. The number of carbonyl (C=O) groups excluding carboxylic acids is 1. The predicted octanol–water partition coefficient (Wildman–Crippen LogP) is 0.967. The zero-order valence-corrected chi connectivity index (χ0v) is 15.2. The van der Waals surface area contributed by atoms with Gasteiger partial charge in [-0.1, -0.05) is 0 Å². The van der Waals surface area contributed by atoms with E-state index in [4.69, 9.17) is 0 Å². The highest BCUT2D eigenvalue weighted by atomic mass is 35.5. The van der Waals surface area contributed by atoms with Gasteiger partial charge < -0.3 is 10.2 Å². The summed E-state index contributed by atoms with van der Waals surface area (Å²) < 4.78 is 25.9. The van der Waals surface area contributed by atoms with E-state index in [1.54, 1.807) is 4.31 Å². The molecule has 0 aliphatic carbocycles. The van der Waals surface area contributed by atoms with Crippen LogP contribution in [0.1, 0.15) is 44.9 Å². The van der Waals surface area contributed by atoms with Crippen molar-refractivity contribution >= 4 is 28.3 Å². The van der Waals surface area contributed by atoms with Gasteiger partial charge in [-0.2, -0.15) is 0 Å². The molecule has 0 aromatic heterocycles. The highest BCUT2D eigenvalue weighted by molar-refractivity contribution is 7.89. The Morgan fingerprint density at radius 1 is 1.04 bits per heavy atom. The first-order valence-corrected chi connectivity index (χ1v) is 10.2. The fourth-order valence-electron chi connectivity index (χ4n) is 3.83. The van der Waals surface area contributed by atoms with Crippen LogP contribution in [-0.2, 0) is 14.8 Å². The fraction of sp³-hybridized carbons (Fsp3) is 0.933. The third-order valence-corrected chi connectivity index (χ3v) is 7.08. The number of hydrogen-bond donors (Lipinski definition) is 1. The van der Waals surface area contributed by atoms with Crippen LogP contribution in [0.5, 0.6) is 0 Å². The first-order chi connectivity index (χ1) is 10.5. The average Bonchev–Trinajstić information content (AvgIpc) is 3.08. The topological polar surface area (TPSA) is 69.7 Å². The molecule has 2 unspecified atom stereocenters. The van der Waals surface area contributed by atoms with Crippen molar-refractivity contribution in [3.63, 3.8) is 0 Å². The Morgan fingerprint density at radius 2 is 1.74 bits per heavy atom. The summed E-state index contributed by atoms with van der Waals surface area (Å²) in [5, 5.41) is 3.56. The second kappa shape index (κ2) is 8.14. The lowest BCUT2D eigenvalue weighted by Crippen LogP contribution is -2.39. The number of carbonyl (C=O) groups is 1. The summed E-state index contributed by atoms with van der Waals surface area (Å²) >= 11 is 0. The monoisotopic (exact) mass is 365 g/mol. The Hall–Kier alpha value is -0.370. The van der Waals surface area contributed by atoms with Gasteiger partial charge >= 0.3 is 0 Å². The Kier molecular flexibility index (Phi) is 6.71. The summed E-state index contributed by atoms with van der Waals surface area (Å²) in [6.07, 6.45) is 6.11. The van der Waals surface area contributed by atoms with Crippen LogP contribution in [0.3, 0.4) is 0 Å². The van der Waals surface area contributed by atoms with Crippen molar-refractivity contribution in [2.45, 2.75) is 57.0 Å². The minimum Gasteiger partial charge on any atom is -0.341 e. The molecule has 0 spiro atoms. The van der Waals surface area contributed by atoms with Gasteiger partial charge in [-0.25, -0.2) is 12.7 Å². The van der Waals surface area contributed by atoms with Gasteiger partial charge in [-0.15, -0.1) is 12.4 Å². The number of hydrogen-bond acceptors (Lipinski definition) is 4. The highest BCUT2D eigenvalue weighted by Crippen LogP contribution is 2.21. The first-order valence-electron chi connectivity index (χ1n) is 8.56. The molecule has 1 N–H and O–H groups in total. The molecule has 23 heavy (non-hydrogen) atoms. The molecule has 3 aliphatic rings. The molecular weight excluding hydrogens is 338 g/mol. The summed E-state index contributed by atoms with van der Waals surface area (Å²) in [5.74, 6) is 0.225. The Morgan fingerprint density at radius 3 is 2.48 bits per heavy atom. The molecule has 3 heterocycles. The van der Waals surface area contributed by atoms with Crippen LogP contribution < -0.4 is 5.32 Å². The SMILES string of the molecule is Cl.O=C(CCCS(=O)(=O)N1CCCC1)N1CCC2CCC(C1)N2. The fourth-order valence-corrected chi connectivity index (χ4v) is 5.41. The van der Waals surface area contributed by atoms with Gasteiger partial charge in [0.05, 0.1) is 5.75 Å². The van der Waals surface area contributed by atoms with E-state index in [9.17, 15) is 13.2 Å². The summed E-state index contributed by atoms with van der Waals surface area (Å²) in [4.78, 5) is 14.3. The van der Waals surface area contributed by atoms with Crippen molar-refractivity contribution in [3.8, 4) is 0 Å². The van der Waals surface area contributed by atoms with Crippen LogP contribution in [0.15, 0.2) is 0 Å². The van der Waals surface area contributed by atoms with E-state index >= 15 is 0 Å². The van der Waals surface area contributed by atoms with Crippen LogP contribution >= 0.6 is 12.4 Å². The first kappa shape index (κ1) is 19.0. The van der Waals surface area contributed by atoms with E-state index in [1.165, 1.54) is 6.42 Å². The molecule has 2 bridgehead atoms. The van der Waals surface area contributed by atoms with E-state index in [-0.39, 0.29) is 24.1 Å². The van der Waals surface area contributed by atoms with Gasteiger partial charge in [0.1, 0.15) is 0 Å². The number of nitrogens with zero attached hydrogens (tertiary/aromatic N) is 2. The normalized spacial score (nSPS) is 28.4. The largest absolute Gasteiger partial charge is 0.341 e. The molecule has 0 aromatic carbocycles. The highest BCUT2D eigenvalue weighted by Gasteiger charge is 2.31. The van der Waals surface area contributed by atoms with E-state index in [2.05, 4.69) is 5.32 Å². The molecule has 3 saturated heterocycles. The maximum atomic E-state index is 12.3. The number of fused-ring (bicyclic) bond motifs is 2. The van der Waals surface area contributed by atoms with Crippen molar-refractivity contribution in [1.29, 1.82) is 0 Å². The molecule has 6 nitrogen and oxygen atoms in total. The molecule has 3 rings (SSSR count). The number of nitrogens with one attached hydrogen (secondary N) is 1. The van der Waals surface area contributed by atoms with Crippen LogP contribution in [-0.4, -0.2) is 67.5 Å². The maximum absolute atomic E-state index is 12.3. The van der Waals surface area contributed by atoms with E-state index < -0.39 is 10.0 Å². The van der Waals surface area contributed by atoms with Crippen LogP contribution in [0.4, 0.5) is 0 Å². The zero-order chi connectivity index (χ0) is 15.6. The molecule has 134 valence electrons. The second-order valence-corrected chi connectivity index (χ2v) is 8.88. The number of halogens is 1. The van der Waals surface area contributed by atoms with Crippen LogP contribution in [0, 0.1) is 0 Å². The van der Waals surface area contributed by atoms with Gasteiger partial charge in [0.25, 0.3) is 0 Å². The summed E-state index contributed by atoms with van der Waals surface area (Å²) in [7, 11) is -3.15. The van der Waals surface area contributed by atoms with Crippen molar-refractivity contribution in [1.82, 2.24) is 14.5 Å². The van der Waals surface area contributed by atoms with Gasteiger partial charge in [-0.05, 0) is 38.5 Å². The molecule has 0 radical (unpaired) electrons. The average molecular weight is 366 g/mol. The lowest BCUT2D eigenvalue weighted by atomic mass is 10.1. The van der Waals surface area contributed by atoms with Crippen molar-refractivity contribution < 1.29 is 13.2 Å². The lowest BCUT2D eigenvalue weighted by molar-refractivity contribution is -0.131. The summed E-state index contributed by atoms with van der Waals surface area (Å²) in [5.41, 5.74) is 0. The molecule has 8 heteroatoms. The van der Waals surface area contributed by atoms with Gasteiger partial charge in [0.15, 0.2) is 0 Å². The quantitative estimate of drug-likeness (QED) is 0.788. The summed E-state index contributed by atoms with van der Waals surface area (Å²) in [6, 6.07) is 1.00. The molecule has 1 amide bonds. The zero-order valence-electron chi connectivity index (χ0n) is 13.6. The molecule has 0 saturated carbocycles. The number of sulfonamides is 1. The van der Waals surface area contributed by atoms with Crippen molar-refractivity contribution in [2.75, 3.05) is 31.9 Å². The number of amides is 1. The summed E-state index contributed by atoms with van der Waals surface area (Å²) in [6.45, 7) is 2.90. The van der Waals surface area contributed by atoms with E-state index in [0.717, 1.165) is 38.8 Å². The van der Waals surface area contributed by atoms with Crippen molar-refractivity contribution in [2.24, 2.45) is 0 Å². The lowest BCUT2D eigenvalue weighted by Gasteiger charge is -2.24. The van der Waals surface area contributed by atoms with Crippen LogP contribution in [0.2, 0.25) is 0 Å². The number of rotatable bonds is 5. The Balaban J connectivity index is 0.00000192. The molecule has 3 aliphatic heterocycles. The Bertz CT molecular complexity index is 508. The standard InChI is InChI=1S/C15H27N3O3S.ClH/c19-15(17-10-7-13-5-6-14(12-17)16-13)4-3-11-22(20,21)18-8-1-2-9-18;/h13-14,16H,1-12H2;1H.